The molecule has 1 unspecified atom stereocenters. The van der Waals surface area contributed by atoms with Crippen LogP contribution in [0.15, 0.2) is 60.0 Å². The summed E-state index contributed by atoms with van der Waals surface area (Å²) < 4.78 is 29.7. The summed E-state index contributed by atoms with van der Waals surface area (Å²) >= 11 is 1.24. The number of carbonyl (C=O) groups is 1. The molecule has 1 atom stereocenters. The first kappa shape index (κ1) is 19.0. The predicted octanol–water partition coefficient (Wildman–Crippen LogP) is 5.54. The fourth-order valence-electron chi connectivity index (χ4n) is 2.68. The number of thiazole rings is 1. The normalized spacial score (nSPS) is 12.0. The Balaban J connectivity index is 1.67. The molecular weight excluding hydrogens is 370 g/mol. The zero-order valence-electron chi connectivity index (χ0n) is 14.6. The van der Waals surface area contributed by atoms with E-state index in [2.05, 4.69) is 15.0 Å². The number of nitrogens with one attached hydrogen (secondary N) is 1. The molecule has 0 fully saturated rings. The lowest BCUT2D eigenvalue weighted by molar-refractivity contribution is -0.116. The van der Waals surface area contributed by atoms with Crippen molar-refractivity contribution in [1.29, 1.82) is 0 Å². The molecule has 2 aromatic carbocycles. The third-order valence-electron chi connectivity index (χ3n) is 3.99. The van der Waals surface area contributed by atoms with E-state index in [9.17, 15) is 13.6 Å². The fourth-order valence-corrected chi connectivity index (χ4v) is 3.41. The molecule has 0 bridgehead atoms. The van der Waals surface area contributed by atoms with Gasteiger partial charge in [-0.3, -0.25) is 4.79 Å². The molecule has 1 heterocycles. The Labute approximate surface area is 159 Å². The molecule has 27 heavy (non-hydrogen) atoms. The van der Waals surface area contributed by atoms with Crippen LogP contribution in [-0.4, -0.2) is 17.5 Å². The van der Waals surface area contributed by atoms with Crippen LogP contribution in [0.25, 0.3) is 11.3 Å². The third kappa shape index (κ3) is 5.10. The number of ether oxygens (including phenoxy) is 1. The fraction of sp³-hybridized carbons (Fsp3) is 0.200. The Hall–Kier alpha value is -2.80. The number of amides is 1. The van der Waals surface area contributed by atoms with E-state index in [1.54, 1.807) is 23.6 Å². The van der Waals surface area contributed by atoms with Crippen LogP contribution in [0.3, 0.4) is 0 Å². The highest BCUT2D eigenvalue weighted by Gasteiger charge is 2.16. The van der Waals surface area contributed by atoms with E-state index >= 15 is 0 Å². The molecule has 4 nitrogen and oxygen atoms in total. The minimum atomic E-state index is -2.91. The molecule has 0 aliphatic carbocycles. The summed E-state index contributed by atoms with van der Waals surface area (Å²) in [5, 5.41) is 4.89. The molecule has 1 aromatic heterocycles. The van der Waals surface area contributed by atoms with Gasteiger partial charge >= 0.3 is 6.61 Å². The van der Waals surface area contributed by atoms with Crippen molar-refractivity contribution >= 4 is 22.4 Å². The molecule has 7 heteroatoms. The van der Waals surface area contributed by atoms with Gasteiger partial charge in [-0.1, -0.05) is 49.4 Å². The SMILES string of the molecule is CC(CC(=O)Nc1nc(-c2ccccc2OC(F)F)cs1)c1ccccc1. The second kappa shape index (κ2) is 8.73. The van der Waals surface area contributed by atoms with Crippen LogP contribution in [0, 0.1) is 0 Å². The second-order valence-corrected chi connectivity index (χ2v) is 6.83. The number of para-hydroxylation sites is 1. The van der Waals surface area contributed by atoms with Crippen LogP contribution < -0.4 is 10.1 Å². The van der Waals surface area contributed by atoms with E-state index in [1.165, 1.54) is 17.4 Å². The van der Waals surface area contributed by atoms with E-state index in [4.69, 9.17) is 0 Å². The summed E-state index contributed by atoms with van der Waals surface area (Å²) in [5.41, 5.74) is 2.01. The Morgan fingerprint density at radius 3 is 2.59 bits per heavy atom. The van der Waals surface area contributed by atoms with E-state index < -0.39 is 6.61 Å². The van der Waals surface area contributed by atoms with Crippen molar-refractivity contribution < 1.29 is 18.3 Å². The molecule has 1 amide bonds. The molecular formula is C20H18F2N2O2S. The first-order chi connectivity index (χ1) is 13.0. The van der Waals surface area contributed by atoms with Crippen LogP contribution in [0.1, 0.15) is 24.8 Å². The number of alkyl halides is 2. The van der Waals surface area contributed by atoms with Crippen molar-refractivity contribution in [3.63, 3.8) is 0 Å². The lowest BCUT2D eigenvalue weighted by atomic mass is 9.98. The topological polar surface area (TPSA) is 51.2 Å². The van der Waals surface area contributed by atoms with Crippen LogP contribution in [0.5, 0.6) is 5.75 Å². The summed E-state index contributed by atoms with van der Waals surface area (Å²) in [6.45, 7) is -0.927. The number of rotatable bonds is 7. The largest absolute Gasteiger partial charge is 0.434 e. The monoisotopic (exact) mass is 388 g/mol. The Morgan fingerprint density at radius 1 is 1.15 bits per heavy atom. The highest BCUT2D eigenvalue weighted by Crippen LogP contribution is 2.33. The average molecular weight is 388 g/mol. The van der Waals surface area contributed by atoms with Crippen molar-refractivity contribution in [3.05, 3.63) is 65.5 Å². The standard InChI is InChI=1S/C20H18F2N2O2S/c1-13(14-7-3-2-4-8-14)11-18(25)24-20-23-16(12-27-20)15-9-5-6-10-17(15)26-19(21)22/h2-10,12-13,19H,11H2,1H3,(H,23,24,25). The molecule has 0 saturated carbocycles. The smallest absolute Gasteiger partial charge is 0.387 e. The first-order valence-electron chi connectivity index (χ1n) is 8.37. The van der Waals surface area contributed by atoms with Gasteiger partial charge in [0.25, 0.3) is 0 Å². The zero-order chi connectivity index (χ0) is 19.2. The number of anilines is 1. The van der Waals surface area contributed by atoms with Gasteiger partial charge in [-0.2, -0.15) is 8.78 Å². The molecule has 0 saturated heterocycles. The number of hydrogen-bond acceptors (Lipinski definition) is 4. The molecule has 0 spiro atoms. The van der Waals surface area contributed by atoms with Gasteiger partial charge in [-0.25, -0.2) is 4.98 Å². The maximum Gasteiger partial charge on any atom is 0.387 e. The summed E-state index contributed by atoms with van der Waals surface area (Å²) in [4.78, 5) is 16.6. The van der Waals surface area contributed by atoms with Crippen molar-refractivity contribution in [3.8, 4) is 17.0 Å². The number of carbonyl (C=O) groups excluding carboxylic acids is 1. The van der Waals surface area contributed by atoms with E-state index in [0.717, 1.165) is 5.56 Å². The number of hydrogen-bond donors (Lipinski definition) is 1. The lowest BCUT2D eigenvalue weighted by Gasteiger charge is -2.11. The van der Waals surface area contributed by atoms with E-state index in [-0.39, 0.29) is 17.6 Å². The van der Waals surface area contributed by atoms with Crippen LogP contribution in [0.4, 0.5) is 13.9 Å². The van der Waals surface area contributed by atoms with E-state index in [0.29, 0.717) is 22.8 Å². The minimum absolute atomic E-state index is 0.0494. The van der Waals surface area contributed by atoms with Crippen molar-refractivity contribution in [2.45, 2.75) is 25.9 Å². The van der Waals surface area contributed by atoms with Crippen LogP contribution in [0.2, 0.25) is 0 Å². The number of benzene rings is 2. The summed E-state index contributed by atoms with van der Waals surface area (Å²) in [5.74, 6) is -0.0245. The highest BCUT2D eigenvalue weighted by atomic mass is 32.1. The predicted molar refractivity (Wildman–Crippen MR) is 102 cm³/mol. The minimum Gasteiger partial charge on any atom is -0.434 e. The van der Waals surface area contributed by atoms with Gasteiger partial charge in [-0.05, 0) is 23.6 Å². The molecule has 3 aromatic rings. The number of aromatic nitrogens is 1. The zero-order valence-corrected chi connectivity index (χ0v) is 15.4. The molecule has 0 aliphatic rings. The van der Waals surface area contributed by atoms with Gasteiger partial charge in [0.2, 0.25) is 5.91 Å². The molecule has 140 valence electrons. The van der Waals surface area contributed by atoms with E-state index in [1.807, 2.05) is 37.3 Å². The summed E-state index contributed by atoms with van der Waals surface area (Å²) in [6, 6.07) is 16.2. The summed E-state index contributed by atoms with van der Waals surface area (Å²) in [6.07, 6.45) is 0.323. The molecule has 3 rings (SSSR count). The lowest BCUT2D eigenvalue weighted by Crippen LogP contribution is -2.14. The Morgan fingerprint density at radius 2 is 1.85 bits per heavy atom. The van der Waals surface area contributed by atoms with Gasteiger partial charge < -0.3 is 10.1 Å². The summed E-state index contributed by atoms with van der Waals surface area (Å²) in [7, 11) is 0. The van der Waals surface area contributed by atoms with Gasteiger partial charge in [0, 0.05) is 17.4 Å². The second-order valence-electron chi connectivity index (χ2n) is 5.98. The highest BCUT2D eigenvalue weighted by molar-refractivity contribution is 7.14. The van der Waals surface area contributed by atoms with Crippen molar-refractivity contribution in [2.24, 2.45) is 0 Å². The Bertz CT molecular complexity index is 900. The maximum atomic E-state index is 12.6. The number of halogens is 2. The third-order valence-corrected chi connectivity index (χ3v) is 4.75. The van der Waals surface area contributed by atoms with Crippen molar-refractivity contribution in [2.75, 3.05) is 5.32 Å². The Kier molecular flexibility index (Phi) is 6.13. The number of nitrogens with zero attached hydrogens (tertiary/aromatic N) is 1. The van der Waals surface area contributed by atoms with Gasteiger partial charge in [0.1, 0.15) is 5.75 Å². The van der Waals surface area contributed by atoms with Gasteiger partial charge in [0.05, 0.1) is 5.69 Å². The maximum absolute atomic E-state index is 12.6. The van der Waals surface area contributed by atoms with Crippen LogP contribution >= 0.6 is 11.3 Å². The van der Waals surface area contributed by atoms with Crippen molar-refractivity contribution in [1.82, 2.24) is 4.98 Å². The first-order valence-corrected chi connectivity index (χ1v) is 9.25. The molecule has 0 aliphatic heterocycles. The van der Waals surface area contributed by atoms with Crippen LogP contribution in [-0.2, 0) is 4.79 Å². The quantitative estimate of drug-likeness (QED) is 0.578. The average Bonchev–Trinajstić information content (AvgIpc) is 3.10. The van der Waals surface area contributed by atoms with Gasteiger partial charge in [0.15, 0.2) is 5.13 Å². The molecule has 1 N–H and O–H groups in total. The molecule has 0 radical (unpaired) electrons. The van der Waals surface area contributed by atoms with Gasteiger partial charge in [-0.15, -0.1) is 11.3 Å².